The molecule has 2 aromatic rings. The van der Waals surface area contributed by atoms with Crippen LogP contribution >= 0.6 is 0 Å². The molecule has 0 saturated carbocycles. The second-order valence-corrected chi connectivity index (χ2v) is 5.74. The highest BCUT2D eigenvalue weighted by atomic mass is 16.5. The van der Waals surface area contributed by atoms with Gasteiger partial charge in [-0.2, -0.15) is 0 Å². The van der Waals surface area contributed by atoms with Crippen LogP contribution in [0.1, 0.15) is 17.2 Å². The Morgan fingerprint density at radius 1 is 1.00 bits per heavy atom. The topological polar surface area (TPSA) is 47.7 Å². The average molecular weight is 312 g/mol. The van der Waals surface area contributed by atoms with E-state index in [1.165, 1.54) is 11.1 Å². The molecule has 2 aromatic carbocycles. The Kier molecular flexibility index (Phi) is 5.64. The number of hydrogen-bond donors (Lipinski definition) is 1. The number of morpholine rings is 1. The summed E-state index contributed by atoms with van der Waals surface area (Å²) in [6, 6.07) is 18.7. The SMILES string of the molecule is NC[C@H](c1ccc(OCc2ccccc2)cc1)N1CCOCC1. The maximum absolute atomic E-state index is 5.99. The molecule has 0 bridgehead atoms. The molecular formula is C19H24N2O2. The van der Waals surface area contributed by atoms with Crippen molar-refractivity contribution in [3.8, 4) is 5.75 Å². The van der Waals surface area contributed by atoms with Crippen LogP contribution in [0.4, 0.5) is 0 Å². The first-order valence-corrected chi connectivity index (χ1v) is 8.15. The molecule has 0 amide bonds. The van der Waals surface area contributed by atoms with E-state index >= 15 is 0 Å². The third-order valence-corrected chi connectivity index (χ3v) is 4.22. The van der Waals surface area contributed by atoms with Crippen LogP contribution in [0.25, 0.3) is 0 Å². The molecule has 1 heterocycles. The van der Waals surface area contributed by atoms with E-state index in [-0.39, 0.29) is 6.04 Å². The zero-order valence-electron chi connectivity index (χ0n) is 13.4. The molecule has 4 heteroatoms. The van der Waals surface area contributed by atoms with Gasteiger partial charge in [-0.1, -0.05) is 42.5 Å². The predicted molar refractivity (Wildman–Crippen MR) is 91.4 cm³/mol. The van der Waals surface area contributed by atoms with Gasteiger partial charge in [-0.15, -0.1) is 0 Å². The van der Waals surface area contributed by atoms with E-state index in [1.807, 2.05) is 30.3 Å². The van der Waals surface area contributed by atoms with Gasteiger partial charge >= 0.3 is 0 Å². The van der Waals surface area contributed by atoms with Gasteiger partial charge in [-0.3, -0.25) is 4.90 Å². The lowest BCUT2D eigenvalue weighted by atomic mass is 10.0. The van der Waals surface area contributed by atoms with E-state index in [1.54, 1.807) is 0 Å². The fourth-order valence-electron chi connectivity index (χ4n) is 2.91. The normalized spacial score (nSPS) is 16.9. The summed E-state index contributed by atoms with van der Waals surface area (Å²) in [6.07, 6.45) is 0. The van der Waals surface area contributed by atoms with Gasteiger partial charge in [-0.25, -0.2) is 0 Å². The van der Waals surface area contributed by atoms with Crippen LogP contribution in [-0.4, -0.2) is 37.7 Å². The van der Waals surface area contributed by atoms with Gasteiger partial charge in [0.2, 0.25) is 0 Å². The maximum atomic E-state index is 5.99. The van der Waals surface area contributed by atoms with Crippen LogP contribution in [0, 0.1) is 0 Å². The van der Waals surface area contributed by atoms with E-state index in [0.717, 1.165) is 32.1 Å². The Labute approximate surface area is 137 Å². The first-order valence-electron chi connectivity index (χ1n) is 8.15. The molecule has 1 aliphatic heterocycles. The van der Waals surface area contributed by atoms with Crippen molar-refractivity contribution in [1.29, 1.82) is 0 Å². The maximum Gasteiger partial charge on any atom is 0.119 e. The summed E-state index contributed by atoms with van der Waals surface area (Å²) in [4.78, 5) is 2.39. The minimum atomic E-state index is 0.252. The highest BCUT2D eigenvalue weighted by Gasteiger charge is 2.21. The van der Waals surface area contributed by atoms with Gasteiger partial charge in [0.25, 0.3) is 0 Å². The molecule has 0 aromatic heterocycles. The van der Waals surface area contributed by atoms with Gasteiger partial charge in [0.05, 0.1) is 13.2 Å². The molecule has 23 heavy (non-hydrogen) atoms. The number of benzene rings is 2. The van der Waals surface area contributed by atoms with Crippen molar-refractivity contribution in [2.24, 2.45) is 5.73 Å². The molecule has 3 rings (SSSR count). The molecule has 1 atom stereocenters. The zero-order chi connectivity index (χ0) is 15.9. The van der Waals surface area contributed by atoms with Crippen LogP contribution in [0.2, 0.25) is 0 Å². The number of ether oxygens (including phenoxy) is 2. The van der Waals surface area contributed by atoms with Crippen LogP contribution in [0.3, 0.4) is 0 Å². The van der Waals surface area contributed by atoms with Crippen LogP contribution in [0.15, 0.2) is 54.6 Å². The van der Waals surface area contributed by atoms with E-state index in [9.17, 15) is 0 Å². The lowest BCUT2D eigenvalue weighted by Crippen LogP contribution is -2.41. The van der Waals surface area contributed by atoms with E-state index in [2.05, 4.69) is 29.2 Å². The quantitative estimate of drug-likeness (QED) is 0.891. The Balaban J connectivity index is 1.61. The van der Waals surface area contributed by atoms with Crippen LogP contribution < -0.4 is 10.5 Å². The lowest BCUT2D eigenvalue weighted by molar-refractivity contribution is 0.0179. The van der Waals surface area contributed by atoms with Crippen molar-refractivity contribution >= 4 is 0 Å². The molecule has 1 fully saturated rings. The summed E-state index contributed by atoms with van der Waals surface area (Å²) >= 11 is 0. The molecule has 0 spiro atoms. The summed E-state index contributed by atoms with van der Waals surface area (Å²) in [5.74, 6) is 0.885. The number of hydrogen-bond acceptors (Lipinski definition) is 4. The minimum absolute atomic E-state index is 0.252. The summed E-state index contributed by atoms with van der Waals surface area (Å²) in [7, 11) is 0. The zero-order valence-corrected chi connectivity index (χ0v) is 13.4. The molecule has 0 unspecified atom stereocenters. The Bertz CT molecular complexity index is 580. The van der Waals surface area contributed by atoms with Gasteiger partial charge in [0, 0.05) is 25.7 Å². The summed E-state index contributed by atoms with van der Waals surface area (Å²) in [5.41, 5.74) is 8.40. The van der Waals surface area contributed by atoms with Crippen molar-refractivity contribution in [1.82, 2.24) is 4.90 Å². The van der Waals surface area contributed by atoms with E-state index in [0.29, 0.717) is 13.2 Å². The van der Waals surface area contributed by atoms with E-state index in [4.69, 9.17) is 15.2 Å². The van der Waals surface area contributed by atoms with E-state index < -0.39 is 0 Å². The Morgan fingerprint density at radius 3 is 2.35 bits per heavy atom. The Hall–Kier alpha value is -1.88. The number of rotatable bonds is 6. The molecule has 1 aliphatic rings. The largest absolute Gasteiger partial charge is 0.489 e. The molecule has 1 saturated heterocycles. The second-order valence-electron chi connectivity index (χ2n) is 5.74. The molecular weight excluding hydrogens is 288 g/mol. The van der Waals surface area contributed by atoms with Crippen LogP contribution in [-0.2, 0) is 11.3 Å². The number of nitrogens with zero attached hydrogens (tertiary/aromatic N) is 1. The van der Waals surface area contributed by atoms with Crippen molar-refractivity contribution in [2.75, 3.05) is 32.8 Å². The van der Waals surface area contributed by atoms with Crippen molar-refractivity contribution in [3.05, 3.63) is 65.7 Å². The monoisotopic (exact) mass is 312 g/mol. The van der Waals surface area contributed by atoms with Gasteiger partial charge in [0.1, 0.15) is 12.4 Å². The number of nitrogens with two attached hydrogens (primary N) is 1. The fraction of sp³-hybridized carbons (Fsp3) is 0.368. The average Bonchev–Trinajstić information content (AvgIpc) is 2.63. The van der Waals surface area contributed by atoms with Crippen molar-refractivity contribution in [3.63, 3.8) is 0 Å². The first-order chi connectivity index (χ1) is 11.4. The van der Waals surface area contributed by atoms with Gasteiger partial charge < -0.3 is 15.2 Å². The van der Waals surface area contributed by atoms with Gasteiger partial charge in [0.15, 0.2) is 0 Å². The minimum Gasteiger partial charge on any atom is -0.489 e. The third kappa shape index (κ3) is 4.32. The van der Waals surface area contributed by atoms with Crippen LogP contribution in [0.5, 0.6) is 5.75 Å². The molecule has 2 N–H and O–H groups in total. The first kappa shape index (κ1) is 16.0. The predicted octanol–water partition coefficient (Wildman–Crippen LogP) is 2.60. The molecule has 122 valence electrons. The lowest BCUT2D eigenvalue weighted by Gasteiger charge is -2.34. The second kappa shape index (κ2) is 8.11. The fourth-order valence-corrected chi connectivity index (χ4v) is 2.91. The van der Waals surface area contributed by atoms with Crippen molar-refractivity contribution < 1.29 is 9.47 Å². The highest BCUT2D eigenvalue weighted by molar-refractivity contribution is 5.30. The smallest absolute Gasteiger partial charge is 0.119 e. The Morgan fingerprint density at radius 2 is 1.70 bits per heavy atom. The van der Waals surface area contributed by atoms with Gasteiger partial charge in [-0.05, 0) is 23.3 Å². The molecule has 0 radical (unpaired) electrons. The molecule has 0 aliphatic carbocycles. The third-order valence-electron chi connectivity index (χ3n) is 4.22. The molecule has 4 nitrogen and oxygen atoms in total. The highest BCUT2D eigenvalue weighted by Crippen LogP contribution is 2.23. The van der Waals surface area contributed by atoms with Crippen molar-refractivity contribution in [2.45, 2.75) is 12.6 Å². The summed E-state index contributed by atoms with van der Waals surface area (Å²) < 4.78 is 11.3. The standard InChI is InChI=1S/C19H24N2O2/c20-14-19(21-10-12-22-13-11-21)17-6-8-18(9-7-17)23-15-16-4-2-1-3-5-16/h1-9,19H,10-15,20H2/t19-/m1/s1. The summed E-state index contributed by atoms with van der Waals surface area (Å²) in [6.45, 7) is 4.65. The summed E-state index contributed by atoms with van der Waals surface area (Å²) in [5, 5.41) is 0.